The third kappa shape index (κ3) is 5.49. The van der Waals surface area contributed by atoms with Crippen molar-refractivity contribution in [1.82, 2.24) is 4.90 Å². The van der Waals surface area contributed by atoms with Gasteiger partial charge in [0.1, 0.15) is 0 Å². The number of hydrogen-bond donors (Lipinski definition) is 2. The van der Waals surface area contributed by atoms with E-state index >= 15 is 0 Å². The number of carbonyl (C=O) groups excluding carboxylic acids is 2. The molecule has 2 rings (SSSR count). The molecule has 0 aromatic heterocycles. The molecule has 126 valence electrons. The molecule has 0 unspecified atom stereocenters. The first-order chi connectivity index (χ1) is 10.5. The summed E-state index contributed by atoms with van der Waals surface area (Å²) in [5, 5.41) is 3.01. The molecule has 3 N–H and O–H groups in total. The fourth-order valence-corrected chi connectivity index (χ4v) is 2.33. The summed E-state index contributed by atoms with van der Waals surface area (Å²) in [6.07, 6.45) is 1.52. The normalized spacial score (nSPS) is 15.4. The van der Waals surface area contributed by atoms with Gasteiger partial charge in [-0.1, -0.05) is 6.07 Å². The Kier molecular flexibility index (Phi) is 7.47. The Hall–Kier alpha value is -1.64. The number of aliphatic imine (C=N–C) groups is 1. The fraction of sp³-hybridized carbons (Fsp3) is 0.438. The van der Waals surface area contributed by atoms with Crippen molar-refractivity contribution in [3.05, 3.63) is 29.3 Å². The van der Waals surface area contributed by atoms with E-state index in [9.17, 15) is 9.59 Å². The number of aryl methyl sites for hydroxylation is 2. The van der Waals surface area contributed by atoms with Crippen LogP contribution in [0.2, 0.25) is 0 Å². The van der Waals surface area contributed by atoms with Gasteiger partial charge in [-0.2, -0.15) is 0 Å². The summed E-state index contributed by atoms with van der Waals surface area (Å²) in [4.78, 5) is 28.7. The molecule has 1 aromatic rings. The molecular weight excluding hydrogens is 407 g/mol. The Morgan fingerprint density at radius 2 is 1.87 bits per heavy atom. The maximum absolute atomic E-state index is 11.7. The number of guanidine groups is 1. The van der Waals surface area contributed by atoms with Gasteiger partial charge in [-0.3, -0.25) is 19.5 Å². The average molecular weight is 430 g/mol. The minimum Gasteiger partial charge on any atom is -0.370 e. The first kappa shape index (κ1) is 19.4. The number of nitrogens with one attached hydrogen (secondary N) is 1. The smallest absolute Gasteiger partial charge is 0.229 e. The number of likely N-dealkylation sites (tertiary alicyclic amines) is 1. The van der Waals surface area contributed by atoms with Gasteiger partial charge >= 0.3 is 0 Å². The lowest BCUT2D eigenvalue weighted by Crippen LogP contribution is -2.41. The number of anilines is 1. The van der Waals surface area contributed by atoms with E-state index in [1.807, 2.05) is 32.0 Å². The third-order valence-corrected chi connectivity index (χ3v) is 3.77. The molecule has 23 heavy (non-hydrogen) atoms. The summed E-state index contributed by atoms with van der Waals surface area (Å²) < 4.78 is 0. The second-order valence-corrected chi connectivity index (χ2v) is 5.48. The first-order valence-electron chi connectivity index (χ1n) is 7.45. The topological polar surface area (TPSA) is 87.8 Å². The van der Waals surface area contributed by atoms with Gasteiger partial charge in [0, 0.05) is 25.1 Å². The second-order valence-electron chi connectivity index (χ2n) is 5.48. The van der Waals surface area contributed by atoms with E-state index in [4.69, 9.17) is 5.73 Å². The quantitative estimate of drug-likeness (QED) is 0.332. The van der Waals surface area contributed by atoms with Gasteiger partial charge in [-0.05, 0) is 43.5 Å². The van der Waals surface area contributed by atoms with E-state index in [1.165, 1.54) is 16.0 Å². The van der Waals surface area contributed by atoms with Crippen LogP contribution < -0.4 is 11.1 Å². The zero-order valence-electron chi connectivity index (χ0n) is 13.5. The van der Waals surface area contributed by atoms with Crippen LogP contribution in [-0.2, 0) is 9.59 Å². The summed E-state index contributed by atoms with van der Waals surface area (Å²) in [6, 6.07) is 5.94. The van der Waals surface area contributed by atoms with E-state index < -0.39 is 0 Å². The summed E-state index contributed by atoms with van der Waals surface area (Å²) >= 11 is 0. The summed E-state index contributed by atoms with van der Waals surface area (Å²) in [6.45, 7) is 4.67. The minimum absolute atomic E-state index is 0. The number of hydrogen-bond acceptors (Lipinski definition) is 3. The molecule has 0 aliphatic carbocycles. The van der Waals surface area contributed by atoms with Crippen molar-refractivity contribution in [2.45, 2.75) is 33.1 Å². The summed E-state index contributed by atoms with van der Waals surface area (Å²) in [5.74, 6) is 0.0411. The predicted molar refractivity (Wildman–Crippen MR) is 102 cm³/mol. The van der Waals surface area contributed by atoms with E-state index in [-0.39, 0.29) is 48.3 Å². The van der Waals surface area contributed by atoms with Gasteiger partial charge in [0.2, 0.25) is 11.8 Å². The van der Waals surface area contributed by atoms with Gasteiger partial charge in [0.15, 0.2) is 5.96 Å². The Morgan fingerprint density at radius 1 is 1.22 bits per heavy atom. The number of halogens is 1. The van der Waals surface area contributed by atoms with Crippen LogP contribution in [0.4, 0.5) is 5.69 Å². The lowest BCUT2D eigenvalue weighted by Gasteiger charge is -2.24. The van der Waals surface area contributed by atoms with E-state index in [0.717, 1.165) is 5.69 Å². The lowest BCUT2D eigenvalue weighted by atomic mass is 10.1. The molecule has 1 fully saturated rings. The Balaban J connectivity index is 0.00000264. The standard InChI is InChI=1S/C16H22N4O2.HI/c1-11-6-7-13(10-12(11)2)19-16(17)18-8-9-20-14(21)4-3-5-15(20)22;/h6-7,10H,3-5,8-9H2,1-2H3,(H3,17,18,19);1H. The van der Waals surface area contributed by atoms with Gasteiger partial charge in [0.05, 0.1) is 6.54 Å². The van der Waals surface area contributed by atoms with E-state index in [0.29, 0.717) is 25.8 Å². The molecule has 0 radical (unpaired) electrons. The van der Waals surface area contributed by atoms with Gasteiger partial charge in [0.25, 0.3) is 0 Å². The van der Waals surface area contributed by atoms with Crippen LogP contribution in [0.5, 0.6) is 0 Å². The molecule has 1 aliphatic heterocycles. The molecule has 7 heteroatoms. The van der Waals surface area contributed by atoms with Crippen LogP contribution in [-0.4, -0.2) is 35.8 Å². The van der Waals surface area contributed by atoms with Crippen LogP contribution >= 0.6 is 24.0 Å². The Bertz CT molecular complexity index is 600. The Morgan fingerprint density at radius 3 is 2.48 bits per heavy atom. The zero-order chi connectivity index (χ0) is 16.1. The highest BCUT2D eigenvalue weighted by Crippen LogP contribution is 2.14. The van der Waals surface area contributed by atoms with Gasteiger partial charge < -0.3 is 11.1 Å². The predicted octanol–water partition coefficient (Wildman–Crippen LogP) is 2.19. The largest absolute Gasteiger partial charge is 0.370 e. The van der Waals surface area contributed by atoms with Crippen molar-refractivity contribution in [1.29, 1.82) is 0 Å². The third-order valence-electron chi connectivity index (χ3n) is 3.77. The molecular formula is C16H23IN4O2. The van der Waals surface area contributed by atoms with Crippen molar-refractivity contribution in [2.24, 2.45) is 10.7 Å². The SMILES string of the molecule is Cc1ccc(NC(N)=NCCN2C(=O)CCCC2=O)cc1C.I. The number of imide groups is 1. The van der Waals surface area contributed by atoms with Crippen LogP contribution in [0, 0.1) is 13.8 Å². The number of nitrogens with zero attached hydrogens (tertiary/aromatic N) is 2. The fourth-order valence-electron chi connectivity index (χ4n) is 2.33. The molecule has 6 nitrogen and oxygen atoms in total. The van der Waals surface area contributed by atoms with Crippen molar-refractivity contribution in [3.63, 3.8) is 0 Å². The molecule has 0 spiro atoms. The molecule has 1 saturated heterocycles. The van der Waals surface area contributed by atoms with E-state index in [2.05, 4.69) is 10.3 Å². The molecule has 0 bridgehead atoms. The summed E-state index contributed by atoms with van der Waals surface area (Å²) in [5.41, 5.74) is 9.08. The van der Waals surface area contributed by atoms with Crippen LogP contribution in [0.15, 0.2) is 23.2 Å². The Labute approximate surface area is 153 Å². The molecule has 1 heterocycles. The van der Waals surface area contributed by atoms with Gasteiger partial charge in [-0.15, -0.1) is 24.0 Å². The molecule has 0 saturated carbocycles. The molecule has 2 amide bonds. The highest BCUT2D eigenvalue weighted by atomic mass is 127. The number of nitrogens with two attached hydrogens (primary N) is 1. The monoisotopic (exact) mass is 430 g/mol. The van der Waals surface area contributed by atoms with Crippen molar-refractivity contribution in [3.8, 4) is 0 Å². The second kappa shape index (κ2) is 8.85. The van der Waals surface area contributed by atoms with E-state index in [1.54, 1.807) is 0 Å². The molecule has 0 atom stereocenters. The molecule has 1 aromatic carbocycles. The maximum atomic E-state index is 11.7. The average Bonchev–Trinajstić information content (AvgIpc) is 2.46. The minimum atomic E-state index is -0.118. The maximum Gasteiger partial charge on any atom is 0.229 e. The van der Waals surface area contributed by atoms with Crippen LogP contribution in [0.3, 0.4) is 0 Å². The van der Waals surface area contributed by atoms with Crippen LogP contribution in [0.1, 0.15) is 30.4 Å². The first-order valence-corrected chi connectivity index (χ1v) is 7.45. The highest BCUT2D eigenvalue weighted by Gasteiger charge is 2.24. The number of carbonyl (C=O) groups is 2. The number of benzene rings is 1. The van der Waals surface area contributed by atoms with Crippen molar-refractivity contribution in [2.75, 3.05) is 18.4 Å². The highest BCUT2D eigenvalue weighted by molar-refractivity contribution is 14.0. The number of amides is 2. The van der Waals surface area contributed by atoms with Crippen molar-refractivity contribution < 1.29 is 9.59 Å². The summed E-state index contributed by atoms with van der Waals surface area (Å²) in [7, 11) is 0. The molecule has 1 aliphatic rings. The van der Waals surface area contributed by atoms with Crippen LogP contribution in [0.25, 0.3) is 0 Å². The van der Waals surface area contributed by atoms with Gasteiger partial charge in [-0.25, -0.2) is 0 Å². The zero-order valence-corrected chi connectivity index (χ0v) is 15.8. The number of rotatable bonds is 4. The number of piperidine rings is 1. The van der Waals surface area contributed by atoms with Crippen molar-refractivity contribution >= 4 is 47.4 Å². The lowest BCUT2D eigenvalue weighted by molar-refractivity contribution is -0.147.